The Morgan fingerprint density at radius 2 is 1.36 bits per heavy atom. The SMILES string of the molecule is Fc1ccc(Sc2c(C(F)(F)F)cc3ccccc3c2-c2ccccc2)cc1. The van der Waals surface area contributed by atoms with E-state index in [1.807, 2.05) is 18.2 Å². The molecule has 0 N–H and O–H groups in total. The van der Waals surface area contributed by atoms with Crippen molar-refractivity contribution in [3.63, 3.8) is 0 Å². The van der Waals surface area contributed by atoms with Gasteiger partial charge in [-0.25, -0.2) is 4.39 Å². The van der Waals surface area contributed by atoms with E-state index < -0.39 is 17.6 Å². The largest absolute Gasteiger partial charge is 0.417 e. The van der Waals surface area contributed by atoms with E-state index in [-0.39, 0.29) is 4.90 Å². The molecule has 0 saturated heterocycles. The van der Waals surface area contributed by atoms with Crippen molar-refractivity contribution >= 4 is 22.5 Å². The van der Waals surface area contributed by atoms with Crippen molar-refractivity contribution in [2.75, 3.05) is 0 Å². The van der Waals surface area contributed by atoms with Gasteiger partial charge in [-0.05, 0) is 46.7 Å². The molecule has 5 heteroatoms. The molecule has 0 unspecified atom stereocenters. The van der Waals surface area contributed by atoms with Gasteiger partial charge in [0, 0.05) is 15.4 Å². The fourth-order valence-corrected chi connectivity index (χ4v) is 4.28. The van der Waals surface area contributed by atoms with Crippen LogP contribution in [0.1, 0.15) is 5.56 Å². The molecule has 140 valence electrons. The molecule has 0 aliphatic heterocycles. The molecule has 0 saturated carbocycles. The number of fused-ring (bicyclic) bond motifs is 1. The van der Waals surface area contributed by atoms with Crippen molar-refractivity contribution in [3.8, 4) is 11.1 Å². The summed E-state index contributed by atoms with van der Waals surface area (Å²) in [5, 5.41) is 1.27. The number of alkyl halides is 3. The van der Waals surface area contributed by atoms with E-state index in [9.17, 15) is 17.6 Å². The molecule has 4 aromatic rings. The van der Waals surface area contributed by atoms with Gasteiger partial charge in [-0.2, -0.15) is 13.2 Å². The van der Waals surface area contributed by atoms with Gasteiger partial charge in [0.15, 0.2) is 0 Å². The first-order valence-corrected chi connectivity index (χ1v) is 9.37. The van der Waals surface area contributed by atoms with E-state index in [2.05, 4.69) is 0 Å². The van der Waals surface area contributed by atoms with Crippen molar-refractivity contribution in [2.45, 2.75) is 16.0 Å². The molecule has 0 spiro atoms. The van der Waals surface area contributed by atoms with Gasteiger partial charge >= 0.3 is 6.18 Å². The Balaban J connectivity index is 2.05. The third-order valence-electron chi connectivity index (χ3n) is 4.40. The highest BCUT2D eigenvalue weighted by molar-refractivity contribution is 7.99. The van der Waals surface area contributed by atoms with Gasteiger partial charge in [0.05, 0.1) is 5.56 Å². The van der Waals surface area contributed by atoms with E-state index in [1.54, 1.807) is 36.4 Å². The number of benzene rings is 4. The first-order valence-electron chi connectivity index (χ1n) is 8.55. The molecule has 0 bridgehead atoms. The van der Waals surface area contributed by atoms with Gasteiger partial charge in [0.25, 0.3) is 0 Å². The van der Waals surface area contributed by atoms with E-state index in [0.717, 1.165) is 17.1 Å². The van der Waals surface area contributed by atoms with E-state index in [1.165, 1.54) is 30.3 Å². The second-order valence-electron chi connectivity index (χ2n) is 6.27. The van der Waals surface area contributed by atoms with Crippen LogP contribution >= 0.6 is 11.8 Å². The molecule has 0 aromatic heterocycles. The number of halogens is 4. The molecule has 0 aliphatic rings. The summed E-state index contributed by atoms with van der Waals surface area (Å²) in [6.07, 6.45) is -4.52. The highest BCUT2D eigenvalue weighted by Gasteiger charge is 2.36. The summed E-state index contributed by atoms with van der Waals surface area (Å²) in [6.45, 7) is 0. The quantitative estimate of drug-likeness (QED) is 0.317. The summed E-state index contributed by atoms with van der Waals surface area (Å²) in [5.74, 6) is -0.429. The molecular formula is C23H14F4S. The molecule has 0 fully saturated rings. The Morgan fingerprint density at radius 3 is 2.04 bits per heavy atom. The molecule has 0 radical (unpaired) electrons. The lowest BCUT2D eigenvalue weighted by Gasteiger charge is -2.19. The van der Waals surface area contributed by atoms with Gasteiger partial charge in [0.1, 0.15) is 5.82 Å². The zero-order valence-electron chi connectivity index (χ0n) is 14.5. The van der Waals surface area contributed by atoms with Crippen LogP contribution in [0.25, 0.3) is 21.9 Å². The standard InChI is InChI=1S/C23H14F4S/c24-17-10-12-18(13-11-17)28-22-20(23(25,26)27)14-16-8-4-5-9-19(16)21(22)15-6-2-1-3-7-15/h1-14H. The van der Waals surface area contributed by atoms with Crippen LogP contribution in [0, 0.1) is 5.82 Å². The van der Waals surface area contributed by atoms with Gasteiger partial charge in [0.2, 0.25) is 0 Å². The summed E-state index contributed by atoms with van der Waals surface area (Å²) in [6, 6.07) is 22.8. The van der Waals surface area contributed by atoms with Crippen LogP contribution in [-0.2, 0) is 6.18 Å². The van der Waals surface area contributed by atoms with Crippen molar-refractivity contribution < 1.29 is 17.6 Å². The van der Waals surface area contributed by atoms with Crippen LogP contribution in [0.2, 0.25) is 0 Å². The zero-order chi connectivity index (χ0) is 19.7. The van der Waals surface area contributed by atoms with E-state index in [0.29, 0.717) is 21.4 Å². The maximum Gasteiger partial charge on any atom is 0.417 e. The predicted octanol–water partition coefficient (Wildman–Crippen LogP) is 7.82. The van der Waals surface area contributed by atoms with Crippen LogP contribution in [0.5, 0.6) is 0 Å². The highest BCUT2D eigenvalue weighted by Crippen LogP contribution is 2.47. The molecule has 4 rings (SSSR count). The predicted molar refractivity (Wildman–Crippen MR) is 105 cm³/mol. The van der Waals surface area contributed by atoms with E-state index in [4.69, 9.17) is 0 Å². The lowest BCUT2D eigenvalue weighted by atomic mass is 9.95. The van der Waals surface area contributed by atoms with Gasteiger partial charge in [-0.3, -0.25) is 0 Å². The van der Waals surface area contributed by atoms with Crippen LogP contribution in [-0.4, -0.2) is 0 Å². The summed E-state index contributed by atoms with van der Waals surface area (Å²) in [4.78, 5) is 0.656. The first kappa shape index (κ1) is 18.6. The summed E-state index contributed by atoms with van der Waals surface area (Å²) >= 11 is 0.999. The Labute approximate surface area is 163 Å². The summed E-state index contributed by atoms with van der Waals surface area (Å²) in [5.41, 5.74) is 0.536. The minimum atomic E-state index is -4.52. The summed E-state index contributed by atoms with van der Waals surface area (Å²) < 4.78 is 55.2. The van der Waals surface area contributed by atoms with Crippen molar-refractivity contribution in [2.24, 2.45) is 0 Å². The minimum Gasteiger partial charge on any atom is -0.207 e. The average Bonchev–Trinajstić information content (AvgIpc) is 2.69. The minimum absolute atomic E-state index is 0.115. The van der Waals surface area contributed by atoms with Crippen molar-refractivity contribution in [1.82, 2.24) is 0 Å². The average molecular weight is 398 g/mol. The zero-order valence-corrected chi connectivity index (χ0v) is 15.3. The second-order valence-corrected chi connectivity index (χ2v) is 7.35. The number of hydrogen-bond acceptors (Lipinski definition) is 1. The van der Waals surface area contributed by atoms with Crippen LogP contribution in [0.15, 0.2) is 94.7 Å². The molecule has 0 nitrogen and oxygen atoms in total. The molecule has 4 aromatic carbocycles. The molecule has 0 aliphatic carbocycles. The van der Waals surface area contributed by atoms with Crippen molar-refractivity contribution in [3.05, 3.63) is 96.3 Å². The Hall–Kier alpha value is -2.79. The molecule has 0 heterocycles. The van der Waals surface area contributed by atoms with Crippen LogP contribution in [0.4, 0.5) is 17.6 Å². The topological polar surface area (TPSA) is 0 Å². The van der Waals surface area contributed by atoms with Crippen LogP contribution in [0.3, 0.4) is 0 Å². The van der Waals surface area contributed by atoms with E-state index >= 15 is 0 Å². The molecule has 0 amide bonds. The maximum absolute atomic E-state index is 14.0. The Kier molecular flexibility index (Phi) is 4.85. The van der Waals surface area contributed by atoms with Gasteiger partial charge in [-0.15, -0.1) is 0 Å². The lowest BCUT2D eigenvalue weighted by Crippen LogP contribution is -2.08. The number of hydrogen-bond donors (Lipinski definition) is 0. The molecule has 28 heavy (non-hydrogen) atoms. The molecular weight excluding hydrogens is 384 g/mol. The lowest BCUT2D eigenvalue weighted by molar-refractivity contribution is -0.139. The summed E-state index contributed by atoms with van der Waals surface area (Å²) in [7, 11) is 0. The van der Waals surface area contributed by atoms with Crippen LogP contribution < -0.4 is 0 Å². The Bertz CT molecular complexity index is 1120. The smallest absolute Gasteiger partial charge is 0.207 e. The monoisotopic (exact) mass is 398 g/mol. The second kappa shape index (κ2) is 7.32. The van der Waals surface area contributed by atoms with Gasteiger partial charge in [-0.1, -0.05) is 66.4 Å². The highest BCUT2D eigenvalue weighted by atomic mass is 32.2. The normalized spacial score (nSPS) is 11.7. The maximum atomic E-state index is 14.0. The fourth-order valence-electron chi connectivity index (χ4n) is 3.16. The Morgan fingerprint density at radius 1 is 0.714 bits per heavy atom. The molecule has 0 atom stereocenters. The first-order chi connectivity index (χ1) is 13.4. The van der Waals surface area contributed by atoms with Gasteiger partial charge < -0.3 is 0 Å². The third-order valence-corrected chi connectivity index (χ3v) is 5.54. The fraction of sp³-hybridized carbons (Fsp3) is 0.0435. The number of rotatable bonds is 3. The third kappa shape index (κ3) is 3.62. The van der Waals surface area contributed by atoms with Crippen molar-refractivity contribution in [1.29, 1.82) is 0 Å².